The van der Waals surface area contributed by atoms with Gasteiger partial charge in [0.25, 0.3) is 0 Å². The molecule has 1 aromatic heterocycles. The van der Waals surface area contributed by atoms with Crippen molar-refractivity contribution in [3.63, 3.8) is 0 Å². The third kappa shape index (κ3) is 6.34. The largest absolute Gasteiger partial charge is 0.331 e. The number of piperazine rings is 1. The number of nitrogens with zero attached hydrogens (tertiary/aromatic N) is 6. The molecule has 8 nitrogen and oxygen atoms in total. The number of nitriles is 1. The van der Waals surface area contributed by atoms with E-state index in [0.717, 1.165) is 33.8 Å². The summed E-state index contributed by atoms with van der Waals surface area (Å²) in [6, 6.07) is 14.5. The zero-order chi connectivity index (χ0) is 29.6. The van der Waals surface area contributed by atoms with Gasteiger partial charge in [0.05, 0.1) is 29.3 Å². The Labute approximate surface area is 255 Å². The number of anilines is 1. The second-order valence-electron chi connectivity index (χ2n) is 10.1. The molecule has 0 saturated carbocycles. The Morgan fingerprint density at radius 2 is 1.98 bits per heavy atom. The molecule has 42 heavy (non-hydrogen) atoms. The van der Waals surface area contributed by atoms with Crippen LogP contribution in [-0.4, -0.2) is 63.7 Å². The van der Waals surface area contributed by atoms with Crippen LogP contribution in [0.3, 0.4) is 0 Å². The monoisotopic (exact) mass is 599 g/mol. The van der Waals surface area contributed by atoms with Gasteiger partial charge in [0.2, 0.25) is 0 Å². The number of alkyl halides is 1. The SMILES string of the molecule is C=CC1=C(N=CCCl)C(N2CCN(C(=O)Nc3ccc(C#N)cc3)CC2)c2ccc(Cl)cc2C=C1Cn1ccnc1C. The summed E-state index contributed by atoms with van der Waals surface area (Å²) in [5.41, 5.74) is 6.11. The average molecular weight is 601 g/mol. The Kier molecular flexibility index (Phi) is 9.23. The van der Waals surface area contributed by atoms with Crippen molar-refractivity contribution in [2.24, 2.45) is 4.99 Å². The summed E-state index contributed by atoms with van der Waals surface area (Å²) in [4.78, 5) is 26.5. The van der Waals surface area contributed by atoms with Crippen molar-refractivity contribution < 1.29 is 4.79 Å². The van der Waals surface area contributed by atoms with Gasteiger partial charge in [-0.15, -0.1) is 11.6 Å². The normalized spacial score (nSPS) is 17.4. The van der Waals surface area contributed by atoms with Crippen LogP contribution in [0.4, 0.5) is 10.5 Å². The number of halogens is 2. The molecule has 3 aromatic rings. The van der Waals surface area contributed by atoms with Crippen LogP contribution in [-0.2, 0) is 6.54 Å². The number of hydrogen-bond donors (Lipinski definition) is 1. The summed E-state index contributed by atoms with van der Waals surface area (Å²) in [6.45, 7) is 9.08. The molecular weight excluding hydrogens is 569 g/mol. The van der Waals surface area contributed by atoms with Crippen molar-refractivity contribution in [1.29, 1.82) is 5.26 Å². The summed E-state index contributed by atoms with van der Waals surface area (Å²) in [7, 11) is 0. The van der Waals surface area contributed by atoms with Gasteiger partial charge in [0.1, 0.15) is 5.82 Å². The summed E-state index contributed by atoms with van der Waals surface area (Å²) in [5, 5.41) is 12.6. The van der Waals surface area contributed by atoms with Crippen molar-refractivity contribution >= 4 is 47.2 Å². The van der Waals surface area contributed by atoms with Crippen LogP contribution in [0.25, 0.3) is 6.08 Å². The Morgan fingerprint density at radius 3 is 2.62 bits per heavy atom. The number of carbonyl (C=O) groups is 1. The highest BCUT2D eigenvalue weighted by Crippen LogP contribution is 2.41. The number of urea groups is 1. The first kappa shape index (κ1) is 29.3. The first-order valence-electron chi connectivity index (χ1n) is 13.6. The molecule has 0 spiro atoms. The van der Waals surface area contributed by atoms with Crippen molar-refractivity contribution in [2.45, 2.75) is 19.5 Å². The number of aliphatic imine (C=N–C) groups is 1. The fourth-order valence-electron chi connectivity index (χ4n) is 5.42. The van der Waals surface area contributed by atoms with E-state index in [-0.39, 0.29) is 18.0 Å². The van der Waals surface area contributed by atoms with Gasteiger partial charge in [-0.3, -0.25) is 9.89 Å². The van der Waals surface area contributed by atoms with Crippen LogP contribution in [0.15, 0.2) is 89.3 Å². The molecule has 1 saturated heterocycles. The number of allylic oxidation sites excluding steroid dienone is 3. The molecule has 2 aliphatic rings. The molecule has 10 heteroatoms. The highest BCUT2D eigenvalue weighted by atomic mass is 35.5. The number of hydrogen-bond acceptors (Lipinski definition) is 5. The minimum atomic E-state index is -0.203. The van der Waals surface area contributed by atoms with Gasteiger partial charge >= 0.3 is 6.03 Å². The Bertz CT molecular complexity index is 1610. The van der Waals surface area contributed by atoms with E-state index in [1.54, 1.807) is 41.6 Å². The summed E-state index contributed by atoms with van der Waals surface area (Å²) in [5.74, 6) is 1.18. The molecule has 1 fully saturated rings. The van der Waals surface area contributed by atoms with E-state index in [4.69, 9.17) is 33.5 Å². The fraction of sp³-hybridized carbons (Fsp3) is 0.250. The van der Waals surface area contributed by atoms with Gasteiger partial charge in [-0.1, -0.05) is 30.3 Å². The van der Waals surface area contributed by atoms with Crippen molar-refractivity contribution in [2.75, 3.05) is 37.4 Å². The molecule has 214 valence electrons. The number of aromatic nitrogens is 2. The molecule has 0 bridgehead atoms. The summed E-state index contributed by atoms with van der Waals surface area (Å²) >= 11 is 12.6. The van der Waals surface area contributed by atoms with Gasteiger partial charge in [0.15, 0.2) is 0 Å². The molecule has 1 unspecified atom stereocenters. The first-order chi connectivity index (χ1) is 20.4. The standard InChI is InChI=1S/C32H31Cl2N7O/c1-3-28-25(21-41-13-12-36-22(41)2)18-24-19-26(34)6-9-29(24)31(30(28)37-11-10-33)39-14-16-40(17-15-39)32(42)38-27-7-4-23(20-35)5-8-27/h3-9,11-13,18-19,31H,1,10,14-17,21H2,2H3,(H,38,42). The van der Waals surface area contributed by atoms with E-state index in [2.05, 4.69) is 44.6 Å². The molecular formula is C32H31Cl2N7O. The van der Waals surface area contributed by atoms with Gasteiger partial charge in [-0.25, -0.2) is 9.78 Å². The van der Waals surface area contributed by atoms with Crippen LogP contribution in [0.1, 0.15) is 28.6 Å². The molecule has 0 radical (unpaired) electrons. The van der Waals surface area contributed by atoms with Crippen LogP contribution < -0.4 is 5.32 Å². The second-order valence-corrected chi connectivity index (χ2v) is 10.8. The molecule has 2 aromatic carbocycles. The molecule has 1 aliphatic carbocycles. The Morgan fingerprint density at radius 1 is 1.21 bits per heavy atom. The number of aryl methyl sites for hydroxylation is 1. The molecule has 2 heterocycles. The maximum Gasteiger partial charge on any atom is 0.321 e. The lowest BCUT2D eigenvalue weighted by molar-refractivity contribution is 0.124. The first-order valence-corrected chi connectivity index (χ1v) is 14.6. The minimum absolute atomic E-state index is 0.172. The molecule has 5 rings (SSSR count). The van der Waals surface area contributed by atoms with Gasteiger partial charge in [0, 0.05) is 67.6 Å². The predicted molar refractivity (Wildman–Crippen MR) is 169 cm³/mol. The van der Waals surface area contributed by atoms with Gasteiger partial charge < -0.3 is 14.8 Å². The smallest absolute Gasteiger partial charge is 0.321 e. The predicted octanol–water partition coefficient (Wildman–Crippen LogP) is 6.45. The van der Waals surface area contributed by atoms with Crippen molar-refractivity contribution in [3.05, 3.63) is 112 Å². The Hall–Kier alpha value is -4.16. The maximum atomic E-state index is 13.1. The maximum absolute atomic E-state index is 13.1. The van der Waals surface area contributed by atoms with E-state index in [9.17, 15) is 4.79 Å². The lowest BCUT2D eigenvalue weighted by Crippen LogP contribution is -2.51. The van der Waals surface area contributed by atoms with Gasteiger partial charge in [-0.05, 0) is 66.1 Å². The summed E-state index contributed by atoms with van der Waals surface area (Å²) in [6.07, 6.45) is 9.49. The third-order valence-electron chi connectivity index (χ3n) is 7.55. The number of carbonyl (C=O) groups excluding carboxylic acids is 1. The number of fused-ring (bicyclic) bond motifs is 1. The third-order valence-corrected chi connectivity index (χ3v) is 7.93. The summed E-state index contributed by atoms with van der Waals surface area (Å²) < 4.78 is 2.09. The van der Waals surface area contributed by atoms with E-state index < -0.39 is 0 Å². The highest BCUT2D eigenvalue weighted by Gasteiger charge is 2.34. The molecule has 1 N–H and O–H groups in total. The van der Waals surface area contributed by atoms with E-state index in [1.165, 1.54) is 0 Å². The van der Waals surface area contributed by atoms with Crippen molar-refractivity contribution in [1.82, 2.24) is 19.4 Å². The molecule has 1 aliphatic heterocycles. The number of amides is 2. The lowest BCUT2D eigenvalue weighted by Gasteiger charge is -2.40. The molecule has 1 atom stereocenters. The van der Waals surface area contributed by atoms with Crippen LogP contribution >= 0.6 is 23.2 Å². The van der Waals surface area contributed by atoms with E-state index >= 15 is 0 Å². The van der Waals surface area contributed by atoms with Crippen molar-refractivity contribution in [3.8, 4) is 6.07 Å². The number of imidazole rings is 1. The lowest BCUT2D eigenvalue weighted by atomic mass is 9.95. The van der Waals surface area contributed by atoms with Crippen LogP contribution in [0.2, 0.25) is 5.02 Å². The highest BCUT2D eigenvalue weighted by molar-refractivity contribution is 6.30. The quantitative estimate of drug-likeness (QED) is 0.249. The Balaban J connectivity index is 1.46. The van der Waals surface area contributed by atoms with E-state index in [1.807, 2.05) is 31.3 Å². The number of benzene rings is 2. The van der Waals surface area contributed by atoms with Crippen LogP contribution in [0.5, 0.6) is 0 Å². The number of rotatable bonds is 7. The topological polar surface area (TPSA) is 89.5 Å². The van der Waals surface area contributed by atoms with E-state index in [0.29, 0.717) is 49.0 Å². The molecule has 2 amide bonds. The van der Waals surface area contributed by atoms with Gasteiger partial charge in [-0.2, -0.15) is 5.26 Å². The van der Waals surface area contributed by atoms with Crippen LogP contribution in [0, 0.1) is 18.3 Å². The second kappa shape index (κ2) is 13.2. The minimum Gasteiger partial charge on any atom is -0.331 e. The number of nitrogens with one attached hydrogen (secondary N) is 1. The average Bonchev–Trinajstić information content (AvgIpc) is 3.35. The zero-order valence-electron chi connectivity index (χ0n) is 23.3. The fourth-order valence-corrected chi connectivity index (χ4v) is 5.67. The zero-order valence-corrected chi connectivity index (χ0v) is 24.8.